The van der Waals surface area contributed by atoms with Crippen molar-refractivity contribution < 1.29 is 12.8 Å². The molecule has 0 radical (unpaired) electrons. The lowest BCUT2D eigenvalue weighted by Crippen LogP contribution is -2.38. The van der Waals surface area contributed by atoms with E-state index in [0.717, 1.165) is 17.5 Å². The number of nitrogens with zero attached hydrogens (tertiary/aromatic N) is 2. The van der Waals surface area contributed by atoms with E-state index in [-0.39, 0.29) is 10.7 Å². The van der Waals surface area contributed by atoms with Gasteiger partial charge in [0.15, 0.2) is 5.96 Å². The zero-order valence-corrected chi connectivity index (χ0v) is 17.5. The van der Waals surface area contributed by atoms with Gasteiger partial charge in [0.05, 0.1) is 4.90 Å². The maximum atomic E-state index is 13.2. The van der Waals surface area contributed by atoms with Gasteiger partial charge in [-0.3, -0.25) is 4.99 Å². The molecule has 28 heavy (non-hydrogen) atoms. The van der Waals surface area contributed by atoms with E-state index in [1.54, 1.807) is 37.4 Å². The van der Waals surface area contributed by atoms with Crippen molar-refractivity contribution >= 4 is 16.0 Å². The van der Waals surface area contributed by atoms with Crippen molar-refractivity contribution in [3.8, 4) is 0 Å². The van der Waals surface area contributed by atoms with Gasteiger partial charge in [0.1, 0.15) is 5.82 Å². The summed E-state index contributed by atoms with van der Waals surface area (Å²) in [6.07, 6.45) is 0.721. The smallest absolute Gasteiger partial charge is 0.242 e. The lowest BCUT2D eigenvalue weighted by molar-refractivity contribution is 0.519. The number of rotatable bonds is 7. The Labute approximate surface area is 166 Å². The third-order valence-corrected chi connectivity index (χ3v) is 6.31. The first-order valence-electron chi connectivity index (χ1n) is 8.95. The molecule has 0 atom stereocenters. The highest BCUT2D eigenvalue weighted by Crippen LogP contribution is 2.18. The highest BCUT2D eigenvalue weighted by Gasteiger charge is 2.20. The second-order valence-electron chi connectivity index (χ2n) is 6.57. The number of benzene rings is 2. The summed E-state index contributed by atoms with van der Waals surface area (Å²) < 4.78 is 39.3. The number of aryl methyl sites for hydroxylation is 1. The molecule has 0 aliphatic rings. The lowest BCUT2D eigenvalue weighted by Gasteiger charge is -2.17. The first kappa shape index (κ1) is 21.8. The van der Waals surface area contributed by atoms with Crippen LogP contribution in [0.5, 0.6) is 0 Å². The Bertz CT molecular complexity index is 943. The zero-order chi connectivity index (χ0) is 20.7. The summed E-state index contributed by atoms with van der Waals surface area (Å²) in [5.41, 5.74) is 2.63. The molecule has 2 aromatic carbocycles. The Hall–Kier alpha value is -2.45. The molecule has 0 heterocycles. The van der Waals surface area contributed by atoms with Gasteiger partial charge in [0, 0.05) is 34.2 Å². The summed E-state index contributed by atoms with van der Waals surface area (Å²) in [6.45, 7) is 2.82. The van der Waals surface area contributed by atoms with Crippen molar-refractivity contribution in [2.75, 3.05) is 27.7 Å². The van der Waals surface area contributed by atoms with Gasteiger partial charge in [-0.1, -0.05) is 24.3 Å². The minimum atomic E-state index is -3.52. The summed E-state index contributed by atoms with van der Waals surface area (Å²) in [4.78, 5) is 4.44. The van der Waals surface area contributed by atoms with Crippen molar-refractivity contribution in [2.24, 2.45) is 4.99 Å². The van der Waals surface area contributed by atoms with Crippen molar-refractivity contribution in [3.63, 3.8) is 0 Å². The van der Waals surface area contributed by atoms with Crippen LogP contribution in [0.1, 0.15) is 16.7 Å². The van der Waals surface area contributed by atoms with Gasteiger partial charge in [0.2, 0.25) is 10.0 Å². The molecule has 0 spiro atoms. The third kappa shape index (κ3) is 5.53. The van der Waals surface area contributed by atoms with Crippen molar-refractivity contribution in [1.29, 1.82) is 0 Å². The molecule has 0 aliphatic carbocycles. The minimum absolute atomic E-state index is 0.238. The van der Waals surface area contributed by atoms with Crippen molar-refractivity contribution in [3.05, 3.63) is 65.0 Å². The number of aliphatic imine (C=N–C) groups is 1. The van der Waals surface area contributed by atoms with Crippen LogP contribution in [0.3, 0.4) is 0 Å². The quantitative estimate of drug-likeness (QED) is 0.547. The van der Waals surface area contributed by atoms with Crippen LogP contribution in [-0.4, -0.2) is 46.4 Å². The molecule has 2 N–H and O–H groups in total. The first-order valence-corrected chi connectivity index (χ1v) is 10.4. The Balaban J connectivity index is 1.98. The molecule has 2 rings (SSSR count). The molecule has 0 aliphatic heterocycles. The van der Waals surface area contributed by atoms with E-state index in [1.807, 2.05) is 6.92 Å². The van der Waals surface area contributed by atoms with Crippen LogP contribution in [0.15, 0.2) is 52.4 Å². The van der Waals surface area contributed by atoms with E-state index in [2.05, 4.69) is 15.6 Å². The summed E-state index contributed by atoms with van der Waals surface area (Å²) in [6, 6.07) is 11.6. The number of sulfonamides is 1. The molecule has 6 nitrogen and oxygen atoms in total. The normalized spacial score (nSPS) is 12.3. The average Bonchev–Trinajstić information content (AvgIpc) is 2.66. The van der Waals surface area contributed by atoms with E-state index in [0.29, 0.717) is 24.6 Å². The van der Waals surface area contributed by atoms with E-state index in [9.17, 15) is 12.8 Å². The van der Waals surface area contributed by atoms with E-state index >= 15 is 0 Å². The molecule has 2 aromatic rings. The number of hydrogen-bond acceptors (Lipinski definition) is 3. The summed E-state index contributed by atoms with van der Waals surface area (Å²) >= 11 is 0. The molecule has 0 fully saturated rings. The molecule has 8 heteroatoms. The fraction of sp³-hybridized carbons (Fsp3) is 0.350. The zero-order valence-electron chi connectivity index (χ0n) is 16.7. The molecule has 152 valence electrons. The van der Waals surface area contributed by atoms with Gasteiger partial charge < -0.3 is 10.6 Å². The van der Waals surface area contributed by atoms with Crippen LogP contribution in [0.2, 0.25) is 0 Å². The van der Waals surface area contributed by atoms with Gasteiger partial charge in [-0.15, -0.1) is 0 Å². The second-order valence-corrected chi connectivity index (χ2v) is 8.69. The molecule has 0 bridgehead atoms. The first-order chi connectivity index (χ1) is 13.3. The summed E-state index contributed by atoms with van der Waals surface area (Å²) in [5.74, 6) is 0.329. The van der Waals surface area contributed by atoms with Crippen molar-refractivity contribution in [1.82, 2.24) is 14.9 Å². The average molecular weight is 407 g/mol. The van der Waals surface area contributed by atoms with Crippen LogP contribution >= 0.6 is 0 Å². The van der Waals surface area contributed by atoms with Gasteiger partial charge in [-0.25, -0.2) is 17.1 Å². The van der Waals surface area contributed by atoms with Crippen molar-refractivity contribution in [2.45, 2.75) is 24.8 Å². The summed E-state index contributed by atoms with van der Waals surface area (Å²) in [7, 11) is 1.16. The van der Waals surface area contributed by atoms with Crippen LogP contribution in [0.25, 0.3) is 0 Å². The molecule has 0 unspecified atom stereocenters. The third-order valence-electron chi connectivity index (χ3n) is 4.39. The highest BCUT2D eigenvalue weighted by atomic mass is 32.2. The van der Waals surface area contributed by atoms with Crippen LogP contribution < -0.4 is 10.6 Å². The Morgan fingerprint density at radius 2 is 1.82 bits per heavy atom. The highest BCUT2D eigenvalue weighted by molar-refractivity contribution is 7.89. The Kier molecular flexibility index (Phi) is 7.53. The predicted molar refractivity (Wildman–Crippen MR) is 110 cm³/mol. The van der Waals surface area contributed by atoms with Crippen LogP contribution in [0.4, 0.5) is 4.39 Å². The Morgan fingerprint density at radius 3 is 2.46 bits per heavy atom. The molecule has 0 saturated carbocycles. The SMILES string of the molecule is CN=C(NCCc1ccc(F)cc1C)NCc1ccccc1S(=O)(=O)N(C)C. The maximum absolute atomic E-state index is 13.2. The molecular weight excluding hydrogens is 379 g/mol. The number of halogens is 1. The lowest BCUT2D eigenvalue weighted by atomic mass is 10.1. The molecular formula is C20H27FN4O2S. The van der Waals surface area contributed by atoms with Gasteiger partial charge in [0.25, 0.3) is 0 Å². The molecule has 0 aromatic heterocycles. The second kappa shape index (κ2) is 9.66. The largest absolute Gasteiger partial charge is 0.356 e. The van der Waals surface area contributed by atoms with Gasteiger partial charge in [-0.2, -0.15) is 0 Å². The van der Waals surface area contributed by atoms with Gasteiger partial charge in [-0.05, 0) is 48.2 Å². The molecule has 0 amide bonds. The Morgan fingerprint density at radius 1 is 1.11 bits per heavy atom. The van der Waals surface area contributed by atoms with Gasteiger partial charge >= 0.3 is 0 Å². The predicted octanol–water partition coefficient (Wildman–Crippen LogP) is 2.29. The van der Waals surface area contributed by atoms with E-state index < -0.39 is 10.0 Å². The van der Waals surface area contributed by atoms with E-state index in [1.165, 1.54) is 30.5 Å². The molecule has 0 saturated heterocycles. The topological polar surface area (TPSA) is 73.8 Å². The number of hydrogen-bond donors (Lipinski definition) is 2. The number of guanidine groups is 1. The fourth-order valence-electron chi connectivity index (χ4n) is 2.75. The van der Waals surface area contributed by atoms with Crippen LogP contribution in [0, 0.1) is 12.7 Å². The maximum Gasteiger partial charge on any atom is 0.242 e. The summed E-state index contributed by atoms with van der Waals surface area (Å²) in [5, 5.41) is 6.34. The minimum Gasteiger partial charge on any atom is -0.356 e. The van der Waals surface area contributed by atoms with Crippen LogP contribution in [-0.2, 0) is 23.0 Å². The standard InChI is InChI=1S/C20H27FN4O2S/c1-15-13-18(21)10-9-16(15)11-12-23-20(22-2)24-14-17-7-5-6-8-19(17)28(26,27)25(3)4/h5-10,13H,11-12,14H2,1-4H3,(H2,22,23,24). The number of nitrogens with one attached hydrogen (secondary N) is 2. The monoisotopic (exact) mass is 406 g/mol. The fourth-order valence-corrected chi connectivity index (χ4v) is 3.87. The van der Waals surface area contributed by atoms with E-state index in [4.69, 9.17) is 0 Å².